The lowest BCUT2D eigenvalue weighted by Crippen LogP contribution is -2.03. The van der Waals surface area contributed by atoms with Crippen molar-refractivity contribution < 1.29 is 27.8 Å². The molecule has 0 spiro atoms. The first kappa shape index (κ1) is 24.1. The van der Waals surface area contributed by atoms with Crippen LogP contribution in [-0.2, 0) is 24.0 Å². The van der Waals surface area contributed by atoms with Crippen molar-refractivity contribution in [2.75, 3.05) is 0 Å². The Kier molecular flexibility index (Phi) is 7.49. The molecule has 0 radical (unpaired) electrons. The van der Waals surface area contributed by atoms with E-state index in [1.165, 1.54) is 11.6 Å². The Hall–Kier alpha value is -2.54. The van der Waals surface area contributed by atoms with E-state index in [2.05, 4.69) is 6.92 Å². The molecule has 1 heterocycles. The summed E-state index contributed by atoms with van der Waals surface area (Å²) in [7, 11) is 0. The van der Waals surface area contributed by atoms with Gasteiger partial charge in [0.25, 0.3) is 0 Å². The van der Waals surface area contributed by atoms with Gasteiger partial charge in [0.15, 0.2) is 0 Å². The Balaban J connectivity index is 1.85. The van der Waals surface area contributed by atoms with E-state index in [0.29, 0.717) is 22.6 Å². The van der Waals surface area contributed by atoms with E-state index >= 15 is 0 Å². The number of ether oxygens (including phenoxy) is 1. The molecule has 0 saturated heterocycles. The van der Waals surface area contributed by atoms with Gasteiger partial charge in [-0.1, -0.05) is 30.7 Å². The zero-order chi connectivity index (χ0) is 23.5. The largest absolute Gasteiger partial charge is 0.488 e. The number of hydrogen-bond donors (Lipinski definition) is 1. The topological polar surface area (TPSA) is 46.5 Å². The van der Waals surface area contributed by atoms with Gasteiger partial charge in [0.2, 0.25) is 0 Å². The fourth-order valence-corrected chi connectivity index (χ4v) is 4.79. The van der Waals surface area contributed by atoms with Crippen LogP contribution in [0.25, 0.3) is 5.57 Å². The van der Waals surface area contributed by atoms with Gasteiger partial charge in [-0.3, -0.25) is 4.79 Å². The normalized spacial score (nSPS) is 14.2. The van der Waals surface area contributed by atoms with Gasteiger partial charge >= 0.3 is 12.1 Å². The molecule has 0 unspecified atom stereocenters. The van der Waals surface area contributed by atoms with Crippen LogP contribution < -0.4 is 4.74 Å². The van der Waals surface area contributed by atoms with Gasteiger partial charge < -0.3 is 9.84 Å². The number of aliphatic carboxylic acids is 1. The number of allylic oxidation sites excluding steroid dienone is 4. The summed E-state index contributed by atoms with van der Waals surface area (Å²) in [5.74, 6) is -0.258. The number of benzene rings is 1. The monoisotopic (exact) mass is 464 g/mol. The molecule has 0 fully saturated rings. The van der Waals surface area contributed by atoms with Crippen LogP contribution in [0.2, 0.25) is 0 Å². The number of carbonyl (C=O) groups is 1. The summed E-state index contributed by atoms with van der Waals surface area (Å²) in [4.78, 5) is 10.8. The molecular weight excluding hydrogens is 437 g/mol. The van der Waals surface area contributed by atoms with Crippen molar-refractivity contribution in [1.82, 2.24) is 0 Å². The number of carboxylic acid groups (broad SMARTS) is 1. The molecule has 7 heteroatoms. The van der Waals surface area contributed by atoms with Gasteiger partial charge in [-0.25, -0.2) is 0 Å². The van der Waals surface area contributed by atoms with Crippen molar-refractivity contribution in [3.05, 3.63) is 67.9 Å². The second-order valence-electron chi connectivity index (χ2n) is 7.97. The van der Waals surface area contributed by atoms with E-state index in [9.17, 15) is 18.0 Å². The molecule has 1 aliphatic rings. The quantitative estimate of drug-likeness (QED) is 0.440. The number of thiophene rings is 1. The third-order valence-electron chi connectivity index (χ3n) is 5.94. The van der Waals surface area contributed by atoms with Gasteiger partial charge in [-0.15, -0.1) is 11.3 Å². The van der Waals surface area contributed by atoms with Crippen molar-refractivity contribution >= 4 is 22.9 Å². The van der Waals surface area contributed by atoms with E-state index in [-0.39, 0.29) is 13.0 Å². The van der Waals surface area contributed by atoms with Gasteiger partial charge in [-0.2, -0.15) is 13.2 Å². The molecule has 0 amide bonds. The first-order valence-electron chi connectivity index (χ1n) is 10.6. The fourth-order valence-electron chi connectivity index (χ4n) is 3.81. The Morgan fingerprint density at radius 1 is 1.16 bits per heavy atom. The third kappa shape index (κ3) is 5.63. The summed E-state index contributed by atoms with van der Waals surface area (Å²) in [5.41, 5.74) is 5.56. The smallest absolute Gasteiger partial charge is 0.425 e. The predicted octanol–water partition coefficient (Wildman–Crippen LogP) is 7.49. The second kappa shape index (κ2) is 9.94. The van der Waals surface area contributed by atoms with Crippen molar-refractivity contribution in [2.24, 2.45) is 0 Å². The minimum absolute atomic E-state index is 0.0442. The molecule has 1 aliphatic carbocycles. The molecule has 1 aromatic carbocycles. The summed E-state index contributed by atoms with van der Waals surface area (Å²) >= 11 is 0.734. The SMILES string of the molecule is CCC1=CC=C(c2cc(C(F)(F)F)sc2COc2ccc(CCC(=O)O)c(C)c2C)CC1. The molecule has 3 rings (SSSR count). The van der Waals surface area contributed by atoms with Gasteiger partial charge in [0.1, 0.15) is 17.2 Å². The lowest BCUT2D eigenvalue weighted by Gasteiger charge is -2.16. The maximum atomic E-state index is 13.4. The summed E-state index contributed by atoms with van der Waals surface area (Å²) in [6, 6.07) is 4.85. The molecule has 172 valence electrons. The molecular formula is C25H27F3O3S. The second-order valence-corrected chi connectivity index (χ2v) is 9.11. The highest BCUT2D eigenvalue weighted by molar-refractivity contribution is 7.12. The summed E-state index contributed by atoms with van der Waals surface area (Å²) in [6.45, 7) is 5.91. The van der Waals surface area contributed by atoms with Crippen LogP contribution in [0.15, 0.2) is 35.9 Å². The number of hydrogen-bond acceptors (Lipinski definition) is 3. The summed E-state index contributed by atoms with van der Waals surface area (Å²) in [5, 5.41) is 8.91. The average Bonchev–Trinajstić information content (AvgIpc) is 3.19. The minimum atomic E-state index is -4.39. The maximum Gasteiger partial charge on any atom is 0.425 e. The third-order valence-corrected chi connectivity index (χ3v) is 7.09. The fraction of sp³-hybridized carbons (Fsp3) is 0.400. The molecule has 3 nitrogen and oxygen atoms in total. The van der Waals surface area contributed by atoms with E-state index < -0.39 is 17.0 Å². The number of rotatable bonds is 8. The summed E-state index contributed by atoms with van der Waals surface area (Å²) < 4.78 is 46.2. The molecule has 0 bridgehead atoms. The van der Waals surface area contributed by atoms with Crippen LogP contribution in [0, 0.1) is 13.8 Å². The highest BCUT2D eigenvalue weighted by Crippen LogP contribution is 2.41. The number of halogens is 3. The molecule has 0 saturated carbocycles. The van der Waals surface area contributed by atoms with Crippen molar-refractivity contribution in [3.8, 4) is 5.75 Å². The molecule has 1 N–H and O–H groups in total. The van der Waals surface area contributed by atoms with E-state index in [4.69, 9.17) is 9.84 Å². The lowest BCUT2D eigenvalue weighted by molar-refractivity contribution is -0.137. The summed E-state index contributed by atoms with van der Waals surface area (Å²) in [6.07, 6.45) is 2.54. The standard InChI is InChI=1S/C25H27F3O3S/c1-4-17-5-7-19(8-6-17)20-13-23(25(26,27)28)32-22(20)14-31-21-11-9-18(10-12-24(29)30)15(2)16(21)3/h5,7,9,11,13H,4,6,8,10,12,14H2,1-3H3,(H,29,30). The Morgan fingerprint density at radius 3 is 2.50 bits per heavy atom. The maximum absolute atomic E-state index is 13.4. The molecule has 0 atom stereocenters. The zero-order valence-electron chi connectivity index (χ0n) is 18.4. The zero-order valence-corrected chi connectivity index (χ0v) is 19.3. The first-order chi connectivity index (χ1) is 15.1. The van der Waals surface area contributed by atoms with Crippen LogP contribution in [0.3, 0.4) is 0 Å². The molecule has 32 heavy (non-hydrogen) atoms. The molecule has 2 aromatic rings. The average molecular weight is 465 g/mol. The lowest BCUT2D eigenvalue weighted by atomic mass is 9.92. The Bertz CT molecular complexity index is 1060. The number of carboxylic acids is 1. The minimum Gasteiger partial charge on any atom is -0.488 e. The van der Waals surface area contributed by atoms with Crippen LogP contribution in [0.4, 0.5) is 13.2 Å². The van der Waals surface area contributed by atoms with Crippen molar-refractivity contribution in [1.29, 1.82) is 0 Å². The predicted molar refractivity (Wildman–Crippen MR) is 121 cm³/mol. The first-order valence-corrected chi connectivity index (χ1v) is 11.4. The van der Waals surface area contributed by atoms with Crippen LogP contribution in [-0.4, -0.2) is 11.1 Å². The molecule has 1 aromatic heterocycles. The van der Waals surface area contributed by atoms with Crippen LogP contribution >= 0.6 is 11.3 Å². The molecule has 0 aliphatic heterocycles. The van der Waals surface area contributed by atoms with E-state index in [0.717, 1.165) is 52.9 Å². The van der Waals surface area contributed by atoms with Crippen LogP contribution in [0.5, 0.6) is 5.75 Å². The van der Waals surface area contributed by atoms with Gasteiger partial charge in [0.05, 0.1) is 4.88 Å². The highest BCUT2D eigenvalue weighted by Gasteiger charge is 2.34. The van der Waals surface area contributed by atoms with Crippen molar-refractivity contribution in [3.63, 3.8) is 0 Å². The Morgan fingerprint density at radius 2 is 1.91 bits per heavy atom. The van der Waals surface area contributed by atoms with Gasteiger partial charge in [0, 0.05) is 6.42 Å². The van der Waals surface area contributed by atoms with Gasteiger partial charge in [-0.05, 0) is 79.5 Å². The highest BCUT2D eigenvalue weighted by atomic mass is 32.1. The number of aryl methyl sites for hydroxylation is 1. The number of alkyl halides is 3. The Labute approximate surface area is 190 Å². The van der Waals surface area contributed by atoms with E-state index in [1.807, 2.05) is 32.1 Å². The van der Waals surface area contributed by atoms with Crippen LogP contribution in [0.1, 0.15) is 64.6 Å². The van der Waals surface area contributed by atoms with Crippen molar-refractivity contribution in [2.45, 2.75) is 65.7 Å². The van der Waals surface area contributed by atoms with E-state index in [1.54, 1.807) is 6.07 Å².